The average Bonchev–Trinajstić information content (AvgIpc) is 2.45. The third-order valence-corrected chi connectivity index (χ3v) is 2.71. The molecule has 3 heteroatoms. The Morgan fingerprint density at radius 3 is 2.73 bits per heavy atom. The molecule has 2 nitrogen and oxygen atoms in total. The van der Waals surface area contributed by atoms with Gasteiger partial charge in [0.1, 0.15) is 0 Å². The number of Topliss-reactive ketones (excluding diaryl/α,β-unsaturated/α-hetero) is 1. The van der Waals surface area contributed by atoms with Crippen LogP contribution in [0.2, 0.25) is 0 Å². The summed E-state index contributed by atoms with van der Waals surface area (Å²) in [5.41, 5.74) is 2.75. The standard InChI is InChI=1S/C12H16ClNO/c1-5-6-14-8(2)7-11(10(14)4)12(15)9(3)13/h5,7,9H,1,6H2,2-4H3. The van der Waals surface area contributed by atoms with Crippen LogP contribution >= 0.6 is 11.6 Å². The zero-order chi connectivity index (χ0) is 11.6. The Balaban J connectivity index is 3.17. The highest BCUT2D eigenvalue weighted by molar-refractivity contribution is 6.33. The molecule has 1 unspecified atom stereocenters. The average molecular weight is 226 g/mol. The monoisotopic (exact) mass is 225 g/mol. The quantitative estimate of drug-likeness (QED) is 0.439. The van der Waals surface area contributed by atoms with Crippen molar-refractivity contribution < 1.29 is 4.79 Å². The van der Waals surface area contributed by atoms with E-state index in [0.717, 1.165) is 23.5 Å². The minimum Gasteiger partial charge on any atom is -0.345 e. The summed E-state index contributed by atoms with van der Waals surface area (Å²) in [4.78, 5) is 11.8. The van der Waals surface area contributed by atoms with Crippen molar-refractivity contribution in [1.82, 2.24) is 4.57 Å². The van der Waals surface area contributed by atoms with Gasteiger partial charge in [0, 0.05) is 23.5 Å². The van der Waals surface area contributed by atoms with Gasteiger partial charge in [0.2, 0.25) is 0 Å². The molecule has 0 saturated carbocycles. The van der Waals surface area contributed by atoms with Crippen LogP contribution in [0.1, 0.15) is 28.7 Å². The largest absolute Gasteiger partial charge is 0.345 e. The molecular formula is C12H16ClNO. The van der Waals surface area contributed by atoms with Crippen LogP contribution in [0.4, 0.5) is 0 Å². The molecule has 0 aliphatic carbocycles. The Kier molecular flexibility index (Phi) is 3.75. The van der Waals surface area contributed by atoms with Crippen molar-refractivity contribution in [3.8, 4) is 0 Å². The van der Waals surface area contributed by atoms with Crippen LogP contribution in [-0.2, 0) is 6.54 Å². The van der Waals surface area contributed by atoms with Gasteiger partial charge in [-0.05, 0) is 26.8 Å². The summed E-state index contributed by atoms with van der Waals surface area (Å²) in [7, 11) is 0. The molecule has 0 spiro atoms. The van der Waals surface area contributed by atoms with E-state index in [1.165, 1.54) is 0 Å². The zero-order valence-corrected chi connectivity index (χ0v) is 10.1. The van der Waals surface area contributed by atoms with Crippen LogP contribution in [0.25, 0.3) is 0 Å². The van der Waals surface area contributed by atoms with E-state index in [-0.39, 0.29) is 5.78 Å². The van der Waals surface area contributed by atoms with Crippen molar-refractivity contribution in [2.75, 3.05) is 0 Å². The van der Waals surface area contributed by atoms with E-state index in [1.807, 2.05) is 26.0 Å². The lowest BCUT2D eigenvalue weighted by Crippen LogP contribution is -2.11. The summed E-state index contributed by atoms with van der Waals surface area (Å²) in [6, 6.07) is 1.89. The van der Waals surface area contributed by atoms with Gasteiger partial charge in [0.25, 0.3) is 0 Å². The minimum absolute atomic E-state index is 0.0138. The lowest BCUT2D eigenvalue weighted by atomic mass is 10.1. The summed E-state index contributed by atoms with van der Waals surface area (Å²) in [5.74, 6) is -0.0138. The molecule has 0 amide bonds. The summed E-state index contributed by atoms with van der Waals surface area (Å²) in [6.45, 7) is 10.0. The maximum absolute atomic E-state index is 11.8. The van der Waals surface area contributed by atoms with Gasteiger partial charge in [-0.2, -0.15) is 0 Å². The van der Waals surface area contributed by atoms with E-state index in [0.29, 0.717) is 0 Å². The molecule has 0 aliphatic heterocycles. The number of alkyl halides is 1. The molecule has 1 aromatic heterocycles. The van der Waals surface area contributed by atoms with Crippen molar-refractivity contribution in [2.45, 2.75) is 32.7 Å². The fraction of sp³-hybridized carbons (Fsp3) is 0.417. The highest BCUT2D eigenvalue weighted by Crippen LogP contribution is 2.18. The van der Waals surface area contributed by atoms with Crippen molar-refractivity contribution >= 4 is 17.4 Å². The van der Waals surface area contributed by atoms with E-state index < -0.39 is 5.38 Å². The molecule has 0 aromatic carbocycles. The second kappa shape index (κ2) is 4.67. The summed E-state index contributed by atoms with van der Waals surface area (Å²) in [5, 5.41) is -0.470. The van der Waals surface area contributed by atoms with Gasteiger partial charge in [-0.1, -0.05) is 6.08 Å². The maximum Gasteiger partial charge on any atom is 0.182 e. The van der Waals surface area contributed by atoms with Gasteiger partial charge in [-0.3, -0.25) is 4.79 Å². The van der Waals surface area contributed by atoms with E-state index in [4.69, 9.17) is 11.6 Å². The van der Waals surface area contributed by atoms with Crippen LogP contribution in [-0.4, -0.2) is 15.7 Å². The van der Waals surface area contributed by atoms with E-state index >= 15 is 0 Å². The van der Waals surface area contributed by atoms with Gasteiger partial charge in [-0.15, -0.1) is 18.2 Å². The first kappa shape index (κ1) is 12.1. The van der Waals surface area contributed by atoms with Gasteiger partial charge in [-0.25, -0.2) is 0 Å². The third kappa shape index (κ3) is 2.32. The number of carbonyl (C=O) groups is 1. The van der Waals surface area contributed by atoms with Gasteiger partial charge < -0.3 is 4.57 Å². The number of halogens is 1. The van der Waals surface area contributed by atoms with Gasteiger partial charge in [0.05, 0.1) is 5.38 Å². The van der Waals surface area contributed by atoms with Crippen molar-refractivity contribution in [3.63, 3.8) is 0 Å². The number of nitrogens with zero attached hydrogens (tertiary/aromatic N) is 1. The Hall–Kier alpha value is -1.02. The number of rotatable bonds is 4. The molecule has 82 valence electrons. The first-order valence-corrected chi connectivity index (χ1v) is 5.38. The molecule has 15 heavy (non-hydrogen) atoms. The molecular weight excluding hydrogens is 210 g/mol. The molecule has 1 rings (SSSR count). The molecule has 0 aliphatic rings. The molecule has 0 radical (unpaired) electrons. The Bertz CT molecular complexity index is 391. The molecule has 1 aromatic rings. The number of aryl methyl sites for hydroxylation is 1. The fourth-order valence-corrected chi connectivity index (χ4v) is 1.79. The number of hydrogen-bond donors (Lipinski definition) is 0. The second-order valence-corrected chi connectivity index (χ2v) is 4.32. The predicted octanol–water partition coefficient (Wildman–Crippen LogP) is 3.10. The Morgan fingerprint density at radius 2 is 2.27 bits per heavy atom. The summed E-state index contributed by atoms with van der Waals surface area (Å²) >= 11 is 5.79. The topological polar surface area (TPSA) is 22.0 Å². The Morgan fingerprint density at radius 1 is 1.67 bits per heavy atom. The van der Waals surface area contributed by atoms with E-state index in [1.54, 1.807) is 6.92 Å². The van der Waals surface area contributed by atoms with Crippen LogP contribution in [0.3, 0.4) is 0 Å². The van der Waals surface area contributed by atoms with Crippen LogP contribution < -0.4 is 0 Å². The highest BCUT2D eigenvalue weighted by atomic mass is 35.5. The number of aromatic nitrogens is 1. The molecule has 1 atom stereocenters. The summed E-state index contributed by atoms with van der Waals surface area (Å²) < 4.78 is 2.06. The van der Waals surface area contributed by atoms with Crippen LogP contribution in [0.5, 0.6) is 0 Å². The smallest absolute Gasteiger partial charge is 0.182 e. The van der Waals surface area contributed by atoms with Crippen molar-refractivity contribution in [3.05, 3.63) is 35.7 Å². The van der Waals surface area contributed by atoms with Gasteiger partial charge >= 0.3 is 0 Å². The third-order valence-electron chi connectivity index (χ3n) is 2.51. The van der Waals surface area contributed by atoms with Crippen LogP contribution in [0, 0.1) is 13.8 Å². The van der Waals surface area contributed by atoms with Crippen molar-refractivity contribution in [1.29, 1.82) is 0 Å². The number of hydrogen-bond acceptors (Lipinski definition) is 1. The number of ketones is 1. The SMILES string of the molecule is C=CCn1c(C)cc(C(=O)C(C)Cl)c1C. The predicted molar refractivity (Wildman–Crippen MR) is 63.7 cm³/mol. The van der Waals surface area contributed by atoms with E-state index in [9.17, 15) is 4.79 Å². The number of carbonyl (C=O) groups excluding carboxylic acids is 1. The zero-order valence-electron chi connectivity index (χ0n) is 9.38. The fourth-order valence-electron chi connectivity index (χ4n) is 1.67. The minimum atomic E-state index is -0.470. The number of allylic oxidation sites excluding steroid dienone is 1. The first-order chi connectivity index (χ1) is 6.99. The molecule has 0 N–H and O–H groups in total. The van der Waals surface area contributed by atoms with Crippen molar-refractivity contribution in [2.24, 2.45) is 0 Å². The maximum atomic E-state index is 11.8. The molecule has 1 heterocycles. The lowest BCUT2D eigenvalue weighted by Gasteiger charge is -2.06. The summed E-state index contributed by atoms with van der Waals surface area (Å²) in [6.07, 6.45) is 1.82. The highest BCUT2D eigenvalue weighted by Gasteiger charge is 2.18. The first-order valence-electron chi connectivity index (χ1n) is 4.95. The molecule has 0 bridgehead atoms. The van der Waals surface area contributed by atoms with E-state index in [2.05, 4.69) is 11.1 Å². The lowest BCUT2D eigenvalue weighted by molar-refractivity contribution is 0.0991. The Labute approximate surface area is 95.5 Å². The normalized spacial score (nSPS) is 12.5. The second-order valence-electron chi connectivity index (χ2n) is 3.66. The van der Waals surface area contributed by atoms with Crippen LogP contribution in [0.15, 0.2) is 18.7 Å². The molecule has 0 saturated heterocycles. The van der Waals surface area contributed by atoms with Gasteiger partial charge in [0.15, 0.2) is 5.78 Å². The molecule has 0 fully saturated rings.